The Kier molecular flexibility index (Phi) is 4.81. The third-order valence-corrected chi connectivity index (χ3v) is 5.40. The number of aromatic nitrogens is 1. The van der Waals surface area contributed by atoms with E-state index in [-0.39, 0.29) is 6.61 Å². The number of aromatic amines is 1. The monoisotopic (exact) mass is 346 g/mol. The zero-order valence-corrected chi connectivity index (χ0v) is 15.3. The molecule has 0 unspecified atom stereocenters. The van der Waals surface area contributed by atoms with Gasteiger partial charge in [-0.15, -0.1) is 0 Å². The van der Waals surface area contributed by atoms with E-state index in [9.17, 15) is 0 Å². The molecule has 3 heteroatoms. The Morgan fingerprint density at radius 2 is 1.88 bits per heavy atom. The van der Waals surface area contributed by atoms with Crippen LogP contribution in [-0.2, 0) is 25.7 Å². The fraction of sp³-hybridized carbons (Fsp3) is 0.304. The second-order valence-corrected chi connectivity index (χ2v) is 6.99. The van der Waals surface area contributed by atoms with E-state index < -0.39 is 0 Å². The van der Waals surface area contributed by atoms with Crippen molar-refractivity contribution in [2.75, 3.05) is 11.9 Å². The van der Waals surface area contributed by atoms with Gasteiger partial charge in [0.25, 0.3) is 0 Å². The first-order valence-electron chi connectivity index (χ1n) is 9.58. The van der Waals surface area contributed by atoms with Gasteiger partial charge in [-0.25, -0.2) is 0 Å². The first kappa shape index (κ1) is 16.9. The first-order chi connectivity index (χ1) is 12.8. The van der Waals surface area contributed by atoms with Gasteiger partial charge in [-0.3, -0.25) is 0 Å². The van der Waals surface area contributed by atoms with Gasteiger partial charge in [0.05, 0.1) is 0 Å². The smallest absolute Gasteiger partial charge is 0.0471 e. The summed E-state index contributed by atoms with van der Waals surface area (Å²) < 4.78 is 0. The van der Waals surface area contributed by atoms with E-state index in [0.29, 0.717) is 6.42 Å². The highest BCUT2D eigenvalue weighted by molar-refractivity contribution is 5.77. The molecular weight excluding hydrogens is 320 g/mol. The molecule has 0 atom stereocenters. The fourth-order valence-corrected chi connectivity index (χ4v) is 4.15. The van der Waals surface area contributed by atoms with Crippen LogP contribution in [0.2, 0.25) is 0 Å². The number of hydrogen-bond acceptors (Lipinski definition) is 2. The minimum absolute atomic E-state index is 0.193. The molecule has 4 rings (SSSR count). The normalized spacial score (nSPS) is 13.0. The summed E-state index contributed by atoms with van der Waals surface area (Å²) in [7, 11) is 0. The minimum atomic E-state index is 0.193. The Balaban J connectivity index is 1.74. The highest BCUT2D eigenvalue weighted by Crippen LogP contribution is 2.39. The summed E-state index contributed by atoms with van der Waals surface area (Å²) in [5, 5.41) is 12.7. The van der Waals surface area contributed by atoms with Crippen LogP contribution in [0.4, 0.5) is 11.4 Å². The molecule has 3 N–H and O–H groups in total. The van der Waals surface area contributed by atoms with Crippen molar-refractivity contribution in [1.29, 1.82) is 0 Å². The van der Waals surface area contributed by atoms with E-state index in [2.05, 4.69) is 59.7 Å². The fourth-order valence-electron chi connectivity index (χ4n) is 4.15. The Bertz CT molecular complexity index is 880. The van der Waals surface area contributed by atoms with Gasteiger partial charge in [-0.1, -0.05) is 19.1 Å². The second kappa shape index (κ2) is 7.38. The van der Waals surface area contributed by atoms with E-state index in [1.165, 1.54) is 40.9 Å². The molecule has 1 aromatic heterocycles. The van der Waals surface area contributed by atoms with Crippen molar-refractivity contribution in [2.24, 2.45) is 0 Å². The summed E-state index contributed by atoms with van der Waals surface area (Å²) in [5.41, 5.74) is 10.5. The van der Waals surface area contributed by atoms with Gasteiger partial charge in [0.2, 0.25) is 0 Å². The van der Waals surface area contributed by atoms with Gasteiger partial charge < -0.3 is 15.4 Å². The molecule has 0 radical (unpaired) electrons. The van der Waals surface area contributed by atoms with E-state index in [0.717, 1.165) is 24.1 Å². The molecule has 0 spiro atoms. The van der Waals surface area contributed by atoms with Gasteiger partial charge in [0, 0.05) is 35.4 Å². The highest BCUT2D eigenvalue weighted by atomic mass is 16.2. The second-order valence-electron chi connectivity index (χ2n) is 6.99. The Morgan fingerprint density at radius 3 is 2.58 bits per heavy atom. The molecule has 134 valence electrons. The standard InChI is InChI=1S/C23H26N2O/c1-2-18-19-5-3-6-20(19)23(15-21(18)22-7-4-13-24-22)25-17-10-8-16(9-11-17)12-14-26/h4,7-11,13,15,24-26H,2-3,5-6,12,14H2,1H3. The molecule has 0 saturated carbocycles. The van der Waals surface area contributed by atoms with Gasteiger partial charge in [-0.05, 0) is 84.7 Å². The molecule has 3 nitrogen and oxygen atoms in total. The maximum atomic E-state index is 9.08. The number of rotatable bonds is 6. The van der Waals surface area contributed by atoms with Crippen molar-refractivity contribution in [3.63, 3.8) is 0 Å². The van der Waals surface area contributed by atoms with Crippen LogP contribution < -0.4 is 5.32 Å². The zero-order chi connectivity index (χ0) is 17.9. The number of H-pyrrole nitrogens is 1. The molecule has 1 heterocycles. The maximum absolute atomic E-state index is 9.08. The predicted octanol–water partition coefficient (Wildman–Crippen LogP) is 5.01. The average molecular weight is 346 g/mol. The maximum Gasteiger partial charge on any atom is 0.0471 e. The van der Waals surface area contributed by atoms with E-state index >= 15 is 0 Å². The Hall–Kier alpha value is -2.52. The number of aliphatic hydroxyl groups is 1. The van der Waals surface area contributed by atoms with Gasteiger partial charge in [0.15, 0.2) is 0 Å². The van der Waals surface area contributed by atoms with Crippen LogP contribution >= 0.6 is 0 Å². The molecule has 0 saturated heterocycles. The van der Waals surface area contributed by atoms with E-state index in [4.69, 9.17) is 5.11 Å². The average Bonchev–Trinajstić information content (AvgIpc) is 3.35. The largest absolute Gasteiger partial charge is 0.396 e. The van der Waals surface area contributed by atoms with Crippen molar-refractivity contribution in [1.82, 2.24) is 4.98 Å². The van der Waals surface area contributed by atoms with Gasteiger partial charge >= 0.3 is 0 Å². The van der Waals surface area contributed by atoms with Gasteiger partial charge in [0.1, 0.15) is 0 Å². The highest BCUT2D eigenvalue weighted by Gasteiger charge is 2.22. The lowest BCUT2D eigenvalue weighted by Gasteiger charge is -2.18. The number of nitrogens with one attached hydrogen (secondary N) is 2. The summed E-state index contributed by atoms with van der Waals surface area (Å²) in [6, 6.07) is 14.9. The van der Waals surface area contributed by atoms with Crippen molar-refractivity contribution in [3.05, 3.63) is 70.9 Å². The molecule has 1 aliphatic rings. The van der Waals surface area contributed by atoms with Crippen molar-refractivity contribution in [3.8, 4) is 11.3 Å². The molecular formula is C23H26N2O. The van der Waals surface area contributed by atoms with Gasteiger partial charge in [-0.2, -0.15) is 0 Å². The molecule has 3 aromatic rings. The lowest BCUT2D eigenvalue weighted by molar-refractivity contribution is 0.299. The van der Waals surface area contributed by atoms with Crippen LogP contribution in [0.15, 0.2) is 48.7 Å². The SMILES string of the molecule is CCc1c(-c2ccc[nH]2)cc(Nc2ccc(CCO)cc2)c2c1CCC2. The van der Waals surface area contributed by atoms with E-state index in [1.807, 2.05) is 6.20 Å². The summed E-state index contributed by atoms with van der Waals surface area (Å²) in [5.74, 6) is 0. The van der Waals surface area contributed by atoms with Crippen LogP contribution in [0.3, 0.4) is 0 Å². The zero-order valence-electron chi connectivity index (χ0n) is 15.3. The lowest BCUT2D eigenvalue weighted by atomic mass is 9.92. The molecule has 0 bridgehead atoms. The number of fused-ring (bicyclic) bond motifs is 1. The van der Waals surface area contributed by atoms with Crippen LogP contribution in [0.25, 0.3) is 11.3 Å². The van der Waals surface area contributed by atoms with Crippen LogP contribution in [0, 0.1) is 0 Å². The van der Waals surface area contributed by atoms with Crippen LogP contribution in [0.1, 0.15) is 35.6 Å². The first-order valence-corrected chi connectivity index (χ1v) is 9.58. The Labute approximate surface area is 155 Å². The number of hydrogen-bond donors (Lipinski definition) is 3. The summed E-state index contributed by atoms with van der Waals surface area (Å²) in [6.45, 7) is 2.45. The molecule has 26 heavy (non-hydrogen) atoms. The van der Waals surface area contributed by atoms with Crippen molar-refractivity contribution in [2.45, 2.75) is 39.0 Å². The summed E-state index contributed by atoms with van der Waals surface area (Å²) >= 11 is 0. The lowest BCUT2D eigenvalue weighted by Crippen LogP contribution is -2.02. The quantitative estimate of drug-likeness (QED) is 0.587. The van der Waals surface area contributed by atoms with Crippen LogP contribution in [-0.4, -0.2) is 16.7 Å². The molecule has 2 aromatic carbocycles. The van der Waals surface area contributed by atoms with Crippen molar-refractivity contribution < 1.29 is 5.11 Å². The topological polar surface area (TPSA) is 48.0 Å². The summed E-state index contributed by atoms with van der Waals surface area (Å²) in [6.07, 6.45) is 7.33. The molecule has 0 fully saturated rings. The minimum Gasteiger partial charge on any atom is -0.396 e. The third kappa shape index (κ3) is 3.15. The van der Waals surface area contributed by atoms with Crippen molar-refractivity contribution >= 4 is 11.4 Å². The number of benzene rings is 2. The molecule has 0 aliphatic heterocycles. The molecule has 0 amide bonds. The third-order valence-electron chi connectivity index (χ3n) is 5.40. The number of aliphatic hydroxyl groups excluding tert-OH is 1. The number of anilines is 2. The van der Waals surface area contributed by atoms with Crippen LogP contribution in [0.5, 0.6) is 0 Å². The Morgan fingerprint density at radius 1 is 1.08 bits per heavy atom. The summed E-state index contributed by atoms with van der Waals surface area (Å²) in [4.78, 5) is 3.38. The predicted molar refractivity (Wildman–Crippen MR) is 108 cm³/mol. The van der Waals surface area contributed by atoms with E-state index in [1.54, 1.807) is 5.56 Å². The molecule has 1 aliphatic carbocycles.